The topological polar surface area (TPSA) is 65.5 Å². The van der Waals surface area contributed by atoms with Crippen molar-refractivity contribution in [3.05, 3.63) is 39.0 Å². The van der Waals surface area contributed by atoms with Crippen LogP contribution in [0.2, 0.25) is 0 Å². The molecule has 1 aliphatic heterocycles. The molecule has 2 aliphatic rings. The highest BCUT2D eigenvalue weighted by Gasteiger charge is 2.47. The Bertz CT molecular complexity index is 739. The normalized spacial score (nSPS) is 29.9. The van der Waals surface area contributed by atoms with Crippen molar-refractivity contribution in [3.63, 3.8) is 0 Å². The van der Waals surface area contributed by atoms with Crippen LogP contribution in [0.1, 0.15) is 55.0 Å². The highest BCUT2D eigenvalue weighted by atomic mass is 32.1. The zero-order valence-electron chi connectivity index (χ0n) is 15.6. The van der Waals surface area contributed by atoms with E-state index in [9.17, 15) is 9.90 Å². The monoisotopic (exact) mass is 405 g/mol. The number of likely N-dealkylation sites (tertiary alicyclic amines) is 1. The van der Waals surface area contributed by atoms with E-state index in [-0.39, 0.29) is 23.9 Å². The minimum atomic E-state index is -0.928. The summed E-state index contributed by atoms with van der Waals surface area (Å²) >= 11 is 3.34. The first-order chi connectivity index (χ1) is 13.0. The van der Waals surface area contributed by atoms with Gasteiger partial charge in [-0.1, -0.05) is 18.9 Å². The molecule has 27 heavy (non-hydrogen) atoms. The number of hydrogen-bond acceptors (Lipinski definition) is 6. The first-order valence-corrected chi connectivity index (χ1v) is 11.5. The van der Waals surface area contributed by atoms with Crippen molar-refractivity contribution in [2.45, 2.75) is 63.3 Å². The molecule has 2 fully saturated rings. The summed E-state index contributed by atoms with van der Waals surface area (Å²) in [7, 11) is 0. The highest BCUT2D eigenvalue weighted by molar-refractivity contribution is 7.10. The maximum absolute atomic E-state index is 12.9. The van der Waals surface area contributed by atoms with Crippen molar-refractivity contribution < 1.29 is 9.90 Å². The molecule has 1 amide bonds. The zero-order chi connectivity index (χ0) is 18.9. The van der Waals surface area contributed by atoms with Crippen molar-refractivity contribution in [2.24, 2.45) is 5.92 Å². The summed E-state index contributed by atoms with van der Waals surface area (Å²) in [6, 6.07) is 3.79. The average molecular weight is 406 g/mol. The summed E-state index contributed by atoms with van der Waals surface area (Å²) in [6.07, 6.45) is 6.66. The van der Waals surface area contributed by atoms with Gasteiger partial charge in [-0.25, -0.2) is 4.98 Å². The zero-order valence-corrected chi connectivity index (χ0v) is 17.3. The van der Waals surface area contributed by atoms with Gasteiger partial charge in [0.2, 0.25) is 5.91 Å². The van der Waals surface area contributed by atoms with Gasteiger partial charge in [0.1, 0.15) is 5.01 Å². The van der Waals surface area contributed by atoms with Gasteiger partial charge in [-0.05, 0) is 37.6 Å². The quantitative estimate of drug-likeness (QED) is 0.798. The predicted molar refractivity (Wildman–Crippen MR) is 109 cm³/mol. The smallest absolute Gasteiger partial charge is 0.223 e. The number of nitrogens with one attached hydrogen (secondary N) is 1. The van der Waals surface area contributed by atoms with Gasteiger partial charge in [-0.2, -0.15) is 0 Å². The van der Waals surface area contributed by atoms with Crippen LogP contribution in [-0.4, -0.2) is 39.1 Å². The first-order valence-electron chi connectivity index (χ1n) is 9.73. The highest BCUT2D eigenvalue weighted by Crippen LogP contribution is 2.40. The molecule has 1 aliphatic carbocycles. The molecule has 3 atom stereocenters. The van der Waals surface area contributed by atoms with Crippen molar-refractivity contribution in [1.29, 1.82) is 0 Å². The Kier molecular flexibility index (Phi) is 5.64. The van der Waals surface area contributed by atoms with Crippen LogP contribution >= 0.6 is 22.7 Å². The molecule has 2 N–H and O–H groups in total. The number of nitrogens with zero attached hydrogens (tertiary/aromatic N) is 2. The van der Waals surface area contributed by atoms with Crippen LogP contribution in [-0.2, 0) is 11.3 Å². The Morgan fingerprint density at radius 2 is 2.19 bits per heavy atom. The molecule has 5 nitrogen and oxygen atoms in total. The molecular formula is C20H27N3O2S2. The second-order valence-electron chi connectivity index (χ2n) is 7.93. The van der Waals surface area contributed by atoms with E-state index in [4.69, 9.17) is 0 Å². The number of aliphatic hydroxyl groups is 1. The molecule has 2 aromatic heterocycles. The van der Waals surface area contributed by atoms with Gasteiger partial charge < -0.3 is 10.4 Å². The molecule has 1 saturated carbocycles. The van der Waals surface area contributed by atoms with Crippen LogP contribution in [0, 0.1) is 5.92 Å². The molecule has 1 saturated heterocycles. The Morgan fingerprint density at radius 3 is 2.85 bits per heavy atom. The van der Waals surface area contributed by atoms with Crippen molar-refractivity contribution in [3.8, 4) is 0 Å². The first kappa shape index (κ1) is 19.1. The van der Waals surface area contributed by atoms with Crippen LogP contribution in [0.3, 0.4) is 0 Å². The van der Waals surface area contributed by atoms with E-state index in [2.05, 4.69) is 26.6 Å². The number of hydrogen-bond donors (Lipinski definition) is 2. The standard InChI is InChI=1S/C20H27N3O2S2/c1-20(25)8-10-23(13-16-21-9-12-27-16)17(15-7-4-11-26-15)18(20)22-19(24)14-5-2-3-6-14/h4,7,9,11-12,14,17-18,25H,2-3,5-6,8,10,13H2,1H3,(H,22,24)/t17-,18-,20+/m0/s1. The van der Waals surface area contributed by atoms with E-state index in [1.165, 1.54) is 4.88 Å². The molecule has 0 aromatic carbocycles. The van der Waals surface area contributed by atoms with Gasteiger partial charge in [-0.3, -0.25) is 9.69 Å². The minimum Gasteiger partial charge on any atom is -0.388 e. The predicted octanol–water partition coefficient (Wildman–Crippen LogP) is 3.58. The number of piperidine rings is 1. The van der Waals surface area contributed by atoms with E-state index in [1.54, 1.807) is 22.7 Å². The Balaban J connectivity index is 1.61. The molecule has 2 aromatic rings. The third kappa shape index (κ3) is 4.11. The summed E-state index contributed by atoms with van der Waals surface area (Å²) < 4.78 is 0. The molecular weight excluding hydrogens is 378 g/mol. The van der Waals surface area contributed by atoms with E-state index in [0.717, 1.165) is 43.8 Å². The summed E-state index contributed by atoms with van der Waals surface area (Å²) in [5, 5.41) is 19.6. The van der Waals surface area contributed by atoms with Gasteiger partial charge >= 0.3 is 0 Å². The lowest BCUT2D eigenvalue weighted by molar-refractivity contribution is -0.132. The summed E-state index contributed by atoms with van der Waals surface area (Å²) in [5.74, 6) is 0.203. The number of carbonyl (C=O) groups is 1. The number of amides is 1. The second kappa shape index (κ2) is 7.99. The van der Waals surface area contributed by atoms with Crippen LogP contribution in [0.4, 0.5) is 0 Å². The Hall–Kier alpha value is -1.28. The number of thiophene rings is 1. The van der Waals surface area contributed by atoms with Crippen LogP contribution < -0.4 is 5.32 Å². The molecule has 3 heterocycles. The number of thiazole rings is 1. The summed E-state index contributed by atoms with van der Waals surface area (Å²) in [4.78, 5) is 20.9. The van der Waals surface area contributed by atoms with Crippen molar-refractivity contribution >= 4 is 28.6 Å². The molecule has 0 bridgehead atoms. The number of aromatic nitrogens is 1. The lowest BCUT2D eigenvalue weighted by Crippen LogP contribution is -2.62. The molecule has 0 radical (unpaired) electrons. The van der Waals surface area contributed by atoms with Crippen molar-refractivity contribution in [1.82, 2.24) is 15.2 Å². The van der Waals surface area contributed by atoms with Crippen LogP contribution in [0.5, 0.6) is 0 Å². The van der Waals surface area contributed by atoms with Gasteiger partial charge in [0.25, 0.3) is 0 Å². The Morgan fingerprint density at radius 1 is 1.37 bits per heavy atom. The van der Waals surface area contributed by atoms with Gasteiger partial charge in [-0.15, -0.1) is 22.7 Å². The SMILES string of the molecule is C[C@@]1(O)CCN(Cc2nccs2)[C@@H](c2cccs2)[C@@H]1NC(=O)C1CCCC1. The van der Waals surface area contributed by atoms with Gasteiger partial charge in [0.05, 0.1) is 24.2 Å². The molecule has 0 spiro atoms. The van der Waals surface area contributed by atoms with Crippen molar-refractivity contribution in [2.75, 3.05) is 6.54 Å². The lowest BCUT2D eigenvalue weighted by atomic mass is 9.81. The fraction of sp³-hybridized carbons (Fsp3) is 0.600. The largest absolute Gasteiger partial charge is 0.388 e. The number of carbonyl (C=O) groups excluding carboxylic acids is 1. The van der Waals surface area contributed by atoms with Crippen LogP contribution in [0.15, 0.2) is 29.1 Å². The average Bonchev–Trinajstić information content (AvgIpc) is 3.41. The van der Waals surface area contributed by atoms with Gasteiger partial charge in [0, 0.05) is 28.9 Å². The molecule has 146 valence electrons. The maximum Gasteiger partial charge on any atom is 0.223 e. The maximum atomic E-state index is 12.9. The molecule has 4 rings (SSSR count). The summed E-state index contributed by atoms with van der Waals surface area (Å²) in [6.45, 7) is 3.39. The third-order valence-electron chi connectivity index (χ3n) is 5.96. The fourth-order valence-electron chi connectivity index (χ4n) is 4.39. The van der Waals surface area contributed by atoms with Crippen LogP contribution in [0.25, 0.3) is 0 Å². The van der Waals surface area contributed by atoms with E-state index >= 15 is 0 Å². The van der Waals surface area contributed by atoms with Gasteiger partial charge in [0.15, 0.2) is 0 Å². The molecule has 7 heteroatoms. The minimum absolute atomic E-state index is 0.0389. The Labute approximate surface area is 168 Å². The lowest BCUT2D eigenvalue weighted by Gasteiger charge is -2.48. The van der Waals surface area contributed by atoms with E-state index in [0.29, 0.717) is 6.42 Å². The van der Waals surface area contributed by atoms with E-state index < -0.39 is 5.60 Å². The second-order valence-corrected chi connectivity index (χ2v) is 9.89. The summed E-state index contributed by atoms with van der Waals surface area (Å²) in [5.41, 5.74) is -0.928. The number of rotatable bonds is 5. The van der Waals surface area contributed by atoms with E-state index in [1.807, 2.05) is 24.6 Å². The third-order valence-corrected chi connectivity index (χ3v) is 7.67. The molecule has 0 unspecified atom stereocenters. The fourth-order valence-corrected chi connectivity index (χ4v) is 5.93.